The molecular weight excluding hydrogens is 144 g/mol. The molecule has 0 aromatic heterocycles. The number of hydrogen-bond donors (Lipinski definition) is 3. The number of urea groups is 1. The lowest BCUT2D eigenvalue weighted by atomic mass is 10.1. The highest BCUT2D eigenvalue weighted by atomic mass is 16.3. The van der Waals surface area contributed by atoms with Gasteiger partial charge < -0.3 is 15.7 Å². The van der Waals surface area contributed by atoms with Crippen molar-refractivity contribution in [1.29, 1.82) is 0 Å². The monoisotopic (exact) mass is 160 g/mol. The van der Waals surface area contributed by atoms with E-state index >= 15 is 0 Å². The van der Waals surface area contributed by atoms with E-state index in [0.717, 1.165) is 0 Å². The van der Waals surface area contributed by atoms with Gasteiger partial charge in [-0.15, -0.1) is 0 Å². The summed E-state index contributed by atoms with van der Waals surface area (Å²) in [7, 11) is 0. The van der Waals surface area contributed by atoms with Gasteiger partial charge in [0.2, 0.25) is 0 Å². The fourth-order valence-corrected chi connectivity index (χ4v) is 0.520. The Hall–Kier alpha value is -0.770. The maximum atomic E-state index is 10.8. The van der Waals surface area contributed by atoms with Crippen molar-refractivity contribution in [3.05, 3.63) is 0 Å². The van der Waals surface area contributed by atoms with E-state index < -0.39 is 5.60 Å². The molecule has 11 heavy (non-hydrogen) atoms. The Morgan fingerprint density at radius 1 is 1.45 bits per heavy atom. The van der Waals surface area contributed by atoms with E-state index in [0.29, 0.717) is 6.54 Å². The van der Waals surface area contributed by atoms with Gasteiger partial charge in [0.1, 0.15) is 0 Å². The lowest BCUT2D eigenvalue weighted by molar-refractivity contribution is 0.0819. The SMILES string of the molecule is CCNC(=O)NCC(C)(C)O. The van der Waals surface area contributed by atoms with Gasteiger partial charge in [0.15, 0.2) is 0 Å². The van der Waals surface area contributed by atoms with Crippen LogP contribution >= 0.6 is 0 Å². The van der Waals surface area contributed by atoms with Crippen molar-refractivity contribution in [2.45, 2.75) is 26.4 Å². The molecule has 0 aromatic rings. The summed E-state index contributed by atoms with van der Waals surface area (Å²) in [5.74, 6) is 0. The molecule has 0 unspecified atom stereocenters. The second kappa shape index (κ2) is 4.18. The molecule has 0 aliphatic carbocycles. The van der Waals surface area contributed by atoms with Gasteiger partial charge in [-0.1, -0.05) is 0 Å². The summed E-state index contributed by atoms with van der Waals surface area (Å²) in [6, 6.07) is -0.241. The molecule has 0 spiro atoms. The minimum Gasteiger partial charge on any atom is -0.389 e. The van der Waals surface area contributed by atoms with Crippen molar-refractivity contribution in [1.82, 2.24) is 10.6 Å². The van der Waals surface area contributed by atoms with Crippen molar-refractivity contribution in [3.8, 4) is 0 Å². The first-order chi connectivity index (χ1) is 4.95. The Labute approximate surface area is 67.0 Å². The molecule has 0 radical (unpaired) electrons. The molecule has 0 fully saturated rings. The Morgan fingerprint density at radius 2 is 2.00 bits per heavy atom. The van der Waals surface area contributed by atoms with Crippen LogP contribution < -0.4 is 10.6 Å². The van der Waals surface area contributed by atoms with Gasteiger partial charge in [-0.05, 0) is 20.8 Å². The quantitative estimate of drug-likeness (QED) is 0.547. The maximum Gasteiger partial charge on any atom is 0.314 e. The van der Waals surface area contributed by atoms with E-state index in [9.17, 15) is 9.90 Å². The summed E-state index contributed by atoms with van der Waals surface area (Å²) in [5, 5.41) is 14.3. The molecule has 0 bridgehead atoms. The largest absolute Gasteiger partial charge is 0.389 e. The number of carbonyl (C=O) groups is 1. The molecule has 66 valence electrons. The summed E-state index contributed by atoms with van der Waals surface area (Å²) in [5.41, 5.74) is -0.842. The van der Waals surface area contributed by atoms with E-state index in [2.05, 4.69) is 10.6 Å². The van der Waals surface area contributed by atoms with Crippen LogP contribution in [0.2, 0.25) is 0 Å². The number of amides is 2. The fourth-order valence-electron chi connectivity index (χ4n) is 0.520. The Morgan fingerprint density at radius 3 is 2.36 bits per heavy atom. The van der Waals surface area contributed by atoms with Gasteiger partial charge in [0, 0.05) is 13.1 Å². The van der Waals surface area contributed by atoms with Crippen LogP contribution in [0, 0.1) is 0 Å². The van der Waals surface area contributed by atoms with E-state index in [4.69, 9.17) is 0 Å². The third-order valence-corrected chi connectivity index (χ3v) is 1.02. The van der Waals surface area contributed by atoms with Crippen LogP contribution in [0.1, 0.15) is 20.8 Å². The van der Waals surface area contributed by atoms with Gasteiger partial charge in [0.05, 0.1) is 5.60 Å². The summed E-state index contributed by atoms with van der Waals surface area (Å²) in [6.07, 6.45) is 0. The van der Waals surface area contributed by atoms with Crippen LogP contribution in [0.15, 0.2) is 0 Å². The minimum atomic E-state index is -0.842. The molecule has 0 saturated carbocycles. The normalized spacial score (nSPS) is 10.9. The van der Waals surface area contributed by atoms with Gasteiger partial charge in [0.25, 0.3) is 0 Å². The average Bonchev–Trinajstić information content (AvgIpc) is 1.83. The first kappa shape index (κ1) is 10.2. The van der Waals surface area contributed by atoms with E-state index in [1.807, 2.05) is 6.92 Å². The van der Waals surface area contributed by atoms with Crippen LogP contribution in [-0.4, -0.2) is 29.8 Å². The molecule has 0 atom stereocenters. The Kier molecular flexibility index (Phi) is 3.89. The molecule has 2 amide bonds. The number of carbonyl (C=O) groups excluding carboxylic acids is 1. The van der Waals surface area contributed by atoms with E-state index in [-0.39, 0.29) is 12.6 Å². The first-order valence-corrected chi connectivity index (χ1v) is 3.70. The van der Waals surface area contributed by atoms with Gasteiger partial charge in [-0.3, -0.25) is 0 Å². The van der Waals surface area contributed by atoms with Crippen molar-refractivity contribution in [2.24, 2.45) is 0 Å². The highest BCUT2D eigenvalue weighted by molar-refractivity contribution is 5.73. The van der Waals surface area contributed by atoms with Gasteiger partial charge in [-0.2, -0.15) is 0 Å². The Balaban J connectivity index is 3.46. The number of aliphatic hydroxyl groups is 1. The molecule has 0 aromatic carbocycles. The van der Waals surface area contributed by atoms with E-state index in [1.165, 1.54) is 0 Å². The predicted octanol–water partition coefficient (Wildman–Crippen LogP) is 0.0764. The zero-order chi connectivity index (χ0) is 8.91. The number of hydrogen-bond acceptors (Lipinski definition) is 2. The first-order valence-electron chi connectivity index (χ1n) is 3.70. The molecule has 0 saturated heterocycles. The van der Waals surface area contributed by atoms with Crippen LogP contribution in [0.25, 0.3) is 0 Å². The second-order valence-electron chi connectivity index (χ2n) is 3.03. The average molecular weight is 160 g/mol. The third kappa shape index (κ3) is 7.12. The lowest BCUT2D eigenvalue weighted by Gasteiger charge is -2.17. The summed E-state index contributed by atoms with van der Waals surface area (Å²) < 4.78 is 0. The molecule has 0 aliphatic rings. The molecule has 3 N–H and O–H groups in total. The van der Waals surface area contributed by atoms with Crippen LogP contribution in [0.3, 0.4) is 0 Å². The zero-order valence-corrected chi connectivity index (χ0v) is 7.27. The predicted molar refractivity (Wildman–Crippen MR) is 43.4 cm³/mol. The standard InChI is InChI=1S/C7H16N2O2/c1-4-8-6(10)9-5-7(2,3)11/h11H,4-5H2,1-3H3,(H2,8,9,10). The smallest absolute Gasteiger partial charge is 0.314 e. The highest BCUT2D eigenvalue weighted by Gasteiger charge is 2.12. The van der Waals surface area contributed by atoms with Crippen molar-refractivity contribution in [2.75, 3.05) is 13.1 Å². The summed E-state index contributed by atoms with van der Waals surface area (Å²) in [6.45, 7) is 5.97. The van der Waals surface area contributed by atoms with Crippen LogP contribution in [0.5, 0.6) is 0 Å². The third-order valence-electron chi connectivity index (χ3n) is 1.02. The molecule has 0 aliphatic heterocycles. The molecule has 0 heterocycles. The topological polar surface area (TPSA) is 61.4 Å². The van der Waals surface area contributed by atoms with Crippen molar-refractivity contribution < 1.29 is 9.90 Å². The number of nitrogens with one attached hydrogen (secondary N) is 2. The second-order valence-corrected chi connectivity index (χ2v) is 3.03. The molecule has 4 heteroatoms. The van der Waals surface area contributed by atoms with E-state index in [1.54, 1.807) is 13.8 Å². The van der Waals surface area contributed by atoms with Crippen LogP contribution in [0.4, 0.5) is 4.79 Å². The van der Waals surface area contributed by atoms with Gasteiger partial charge in [-0.25, -0.2) is 4.79 Å². The van der Waals surface area contributed by atoms with Crippen molar-refractivity contribution >= 4 is 6.03 Å². The highest BCUT2D eigenvalue weighted by Crippen LogP contribution is 1.96. The van der Waals surface area contributed by atoms with Gasteiger partial charge >= 0.3 is 6.03 Å². The lowest BCUT2D eigenvalue weighted by Crippen LogP contribution is -2.43. The molecule has 0 rings (SSSR count). The summed E-state index contributed by atoms with van der Waals surface area (Å²) >= 11 is 0. The van der Waals surface area contributed by atoms with Crippen molar-refractivity contribution in [3.63, 3.8) is 0 Å². The minimum absolute atomic E-state index is 0.241. The van der Waals surface area contributed by atoms with Crippen LogP contribution in [-0.2, 0) is 0 Å². The molecule has 4 nitrogen and oxygen atoms in total. The molecular formula is C7H16N2O2. The zero-order valence-electron chi connectivity index (χ0n) is 7.27. The maximum absolute atomic E-state index is 10.8. The Bertz CT molecular complexity index is 129. The fraction of sp³-hybridized carbons (Fsp3) is 0.857. The summed E-state index contributed by atoms with van der Waals surface area (Å²) in [4.78, 5) is 10.8. The number of rotatable bonds is 3.